The summed E-state index contributed by atoms with van der Waals surface area (Å²) in [6, 6.07) is -3.28. The molecule has 0 bridgehead atoms. The Labute approximate surface area is 161 Å². The predicted octanol–water partition coefficient (Wildman–Crippen LogP) is -2.07. The number of carboxylic acid groups (broad SMARTS) is 2. The highest BCUT2D eigenvalue weighted by Gasteiger charge is 2.27. The minimum atomic E-state index is -1.26. The van der Waals surface area contributed by atoms with E-state index in [1.165, 1.54) is 0 Å². The van der Waals surface area contributed by atoms with Gasteiger partial charge in [-0.15, -0.1) is 0 Å². The van der Waals surface area contributed by atoms with Crippen LogP contribution in [0.4, 0.5) is 0 Å². The second kappa shape index (κ2) is 12.1. The third-order valence-corrected chi connectivity index (χ3v) is 3.86. The Kier molecular flexibility index (Phi) is 11.1. The van der Waals surface area contributed by atoms with Gasteiger partial charge in [0.1, 0.15) is 12.1 Å². The van der Waals surface area contributed by atoms with Crippen LogP contribution in [0.15, 0.2) is 0 Å². The summed E-state index contributed by atoms with van der Waals surface area (Å²) in [4.78, 5) is 57.3. The standard InChI is InChI=1S/C15H26N4O7S/c1-7(2)12(19-13(23)8(16)3-4-11(21)22)14(24)17-5-10(20)18-9(6-27)15(25)26/h7-9,12,27H,3-6,16H2,1-2H3,(H,17,24)(H,18,20)(H,19,23)(H,21,22)(H,25,26). The molecule has 0 aliphatic carbocycles. The van der Waals surface area contributed by atoms with Crippen LogP contribution in [-0.4, -0.2) is 70.3 Å². The van der Waals surface area contributed by atoms with Crippen molar-refractivity contribution in [3.8, 4) is 0 Å². The second-order valence-corrected chi connectivity index (χ2v) is 6.49. The van der Waals surface area contributed by atoms with Gasteiger partial charge in [-0.25, -0.2) is 4.79 Å². The highest BCUT2D eigenvalue weighted by atomic mass is 32.1. The van der Waals surface area contributed by atoms with E-state index < -0.39 is 54.3 Å². The fourth-order valence-corrected chi connectivity index (χ4v) is 2.16. The molecule has 12 heteroatoms. The summed E-state index contributed by atoms with van der Waals surface area (Å²) in [5, 5.41) is 24.4. The van der Waals surface area contributed by atoms with E-state index >= 15 is 0 Å². The van der Waals surface area contributed by atoms with Crippen molar-refractivity contribution >= 4 is 42.3 Å². The fourth-order valence-electron chi connectivity index (χ4n) is 1.91. The lowest BCUT2D eigenvalue weighted by Crippen LogP contribution is -2.55. The van der Waals surface area contributed by atoms with Gasteiger partial charge in [0, 0.05) is 12.2 Å². The van der Waals surface area contributed by atoms with E-state index in [1.54, 1.807) is 13.8 Å². The zero-order valence-electron chi connectivity index (χ0n) is 15.1. The second-order valence-electron chi connectivity index (χ2n) is 6.13. The molecule has 3 unspecified atom stereocenters. The summed E-state index contributed by atoms with van der Waals surface area (Å²) in [7, 11) is 0. The molecule has 27 heavy (non-hydrogen) atoms. The molecule has 0 fully saturated rings. The van der Waals surface area contributed by atoms with E-state index in [-0.39, 0.29) is 24.5 Å². The Morgan fingerprint density at radius 3 is 2.07 bits per heavy atom. The number of carboxylic acids is 2. The molecule has 0 saturated carbocycles. The van der Waals surface area contributed by atoms with Crippen molar-refractivity contribution < 1.29 is 34.2 Å². The Morgan fingerprint density at radius 1 is 1.04 bits per heavy atom. The van der Waals surface area contributed by atoms with Crippen molar-refractivity contribution in [2.45, 2.75) is 44.8 Å². The highest BCUT2D eigenvalue weighted by Crippen LogP contribution is 2.04. The number of aliphatic carboxylic acids is 2. The van der Waals surface area contributed by atoms with E-state index in [0.29, 0.717) is 0 Å². The number of nitrogens with two attached hydrogens (primary N) is 1. The van der Waals surface area contributed by atoms with Crippen LogP contribution in [0.2, 0.25) is 0 Å². The van der Waals surface area contributed by atoms with Crippen molar-refractivity contribution in [3.63, 3.8) is 0 Å². The van der Waals surface area contributed by atoms with Gasteiger partial charge in [0.15, 0.2) is 0 Å². The summed E-state index contributed by atoms with van der Waals surface area (Å²) in [6.45, 7) is 2.84. The molecule has 3 atom stereocenters. The molecular formula is C15H26N4O7S. The molecule has 0 aromatic heterocycles. The maximum atomic E-state index is 12.2. The minimum absolute atomic E-state index is 0.0870. The lowest BCUT2D eigenvalue weighted by molar-refractivity contribution is -0.141. The summed E-state index contributed by atoms with van der Waals surface area (Å²) >= 11 is 3.81. The first-order chi connectivity index (χ1) is 12.5. The number of carbonyl (C=O) groups excluding carboxylic acids is 3. The molecule has 154 valence electrons. The van der Waals surface area contributed by atoms with Gasteiger partial charge in [-0.3, -0.25) is 19.2 Å². The van der Waals surface area contributed by atoms with Crippen LogP contribution in [0.3, 0.4) is 0 Å². The first kappa shape index (κ1) is 24.7. The van der Waals surface area contributed by atoms with E-state index in [0.717, 1.165) is 0 Å². The molecule has 7 N–H and O–H groups in total. The lowest BCUT2D eigenvalue weighted by atomic mass is 10.0. The van der Waals surface area contributed by atoms with Crippen molar-refractivity contribution in [1.82, 2.24) is 16.0 Å². The molecule has 0 spiro atoms. The largest absolute Gasteiger partial charge is 0.481 e. The van der Waals surface area contributed by atoms with Crippen LogP contribution < -0.4 is 21.7 Å². The van der Waals surface area contributed by atoms with Crippen LogP contribution in [-0.2, 0) is 24.0 Å². The van der Waals surface area contributed by atoms with Gasteiger partial charge in [0.05, 0.1) is 12.6 Å². The van der Waals surface area contributed by atoms with Gasteiger partial charge in [-0.1, -0.05) is 13.8 Å². The van der Waals surface area contributed by atoms with Crippen molar-refractivity contribution in [3.05, 3.63) is 0 Å². The number of thiol groups is 1. The number of carbonyl (C=O) groups is 5. The van der Waals surface area contributed by atoms with Crippen LogP contribution >= 0.6 is 12.6 Å². The molecule has 0 aliphatic rings. The van der Waals surface area contributed by atoms with Crippen molar-refractivity contribution in [2.75, 3.05) is 12.3 Å². The average Bonchev–Trinajstić information content (AvgIpc) is 2.58. The fraction of sp³-hybridized carbons (Fsp3) is 0.667. The molecule has 0 aromatic carbocycles. The number of rotatable bonds is 12. The van der Waals surface area contributed by atoms with Crippen LogP contribution in [0, 0.1) is 5.92 Å². The number of hydrogen-bond acceptors (Lipinski definition) is 7. The quantitative estimate of drug-likeness (QED) is 0.180. The molecule has 11 nitrogen and oxygen atoms in total. The summed E-state index contributed by atoms with van der Waals surface area (Å²) < 4.78 is 0. The molecule has 0 radical (unpaired) electrons. The maximum Gasteiger partial charge on any atom is 0.327 e. The molecule has 0 heterocycles. The molecule has 0 saturated heterocycles. The molecule has 0 aliphatic heterocycles. The van der Waals surface area contributed by atoms with Crippen molar-refractivity contribution in [1.29, 1.82) is 0 Å². The first-order valence-corrected chi connectivity index (χ1v) is 8.81. The predicted molar refractivity (Wildman–Crippen MR) is 98.0 cm³/mol. The molecule has 0 rings (SSSR count). The monoisotopic (exact) mass is 406 g/mol. The Balaban J connectivity index is 4.67. The molecular weight excluding hydrogens is 380 g/mol. The van der Waals surface area contributed by atoms with Gasteiger partial charge < -0.3 is 31.9 Å². The van der Waals surface area contributed by atoms with E-state index in [9.17, 15) is 24.0 Å². The third kappa shape index (κ3) is 9.80. The van der Waals surface area contributed by atoms with Crippen molar-refractivity contribution in [2.24, 2.45) is 11.7 Å². The zero-order valence-corrected chi connectivity index (χ0v) is 16.0. The van der Waals surface area contributed by atoms with E-state index in [4.69, 9.17) is 15.9 Å². The molecule has 3 amide bonds. The Morgan fingerprint density at radius 2 is 1.63 bits per heavy atom. The lowest BCUT2D eigenvalue weighted by Gasteiger charge is -2.23. The van der Waals surface area contributed by atoms with Crippen LogP contribution in [0.25, 0.3) is 0 Å². The van der Waals surface area contributed by atoms with Gasteiger partial charge in [0.25, 0.3) is 0 Å². The normalized spacial score (nSPS) is 14.0. The number of amides is 3. The van der Waals surface area contributed by atoms with Crippen LogP contribution in [0.1, 0.15) is 26.7 Å². The average molecular weight is 406 g/mol. The summed E-state index contributed by atoms with van der Waals surface area (Å²) in [5.74, 6) is -4.87. The highest BCUT2D eigenvalue weighted by molar-refractivity contribution is 7.80. The SMILES string of the molecule is CC(C)C(NC(=O)C(N)CCC(=O)O)C(=O)NCC(=O)NC(CS)C(=O)O. The number of hydrogen-bond donors (Lipinski definition) is 7. The first-order valence-electron chi connectivity index (χ1n) is 8.18. The summed E-state index contributed by atoms with van der Waals surface area (Å²) in [6.07, 6.45) is -0.375. The third-order valence-electron chi connectivity index (χ3n) is 3.49. The van der Waals surface area contributed by atoms with E-state index in [1.807, 2.05) is 0 Å². The van der Waals surface area contributed by atoms with Crippen LogP contribution in [0.5, 0.6) is 0 Å². The van der Waals surface area contributed by atoms with E-state index in [2.05, 4.69) is 28.6 Å². The Hall–Kier alpha value is -2.34. The smallest absolute Gasteiger partial charge is 0.327 e. The topological polar surface area (TPSA) is 188 Å². The minimum Gasteiger partial charge on any atom is -0.481 e. The Bertz CT molecular complexity index is 570. The zero-order chi connectivity index (χ0) is 21.1. The van der Waals surface area contributed by atoms with Gasteiger partial charge in [-0.05, 0) is 12.3 Å². The maximum absolute atomic E-state index is 12.2. The molecule has 0 aromatic rings. The number of nitrogens with one attached hydrogen (secondary N) is 3. The van der Waals surface area contributed by atoms with Gasteiger partial charge >= 0.3 is 11.9 Å². The van der Waals surface area contributed by atoms with Gasteiger partial charge in [-0.2, -0.15) is 12.6 Å². The summed E-state index contributed by atoms with van der Waals surface area (Å²) in [5.41, 5.74) is 5.60. The van der Waals surface area contributed by atoms with Gasteiger partial charge in [0.2, 0.25) is 17.7 Å².